The largest absolute Gasteiger partial charge is 0.339 e. The van der Waals surface area contributed by atoms with Gasteiger partial charge in [0.05, 0.1) is 0 Å². The number of hydrogen-bond donors (Lipinski definition) is 1. The summed E-state index contributed by atoms with van der Waals surface area (Å²) in [4.78, 5) is 38.6. The molecule has 1 N–H and O–H groups in total. The van der Waals surface area contributed by atoms with Gasteiger partial charge in [-0.3, -0.25) is 14.4 Å². The number of anilines is 1. The van der Waals surface area contributed by atoms with Gasteiger partial charge in [-0.2, -0.15) is 0 Å². The smallest absolute Gasteiger partial charge is 0.313 e. The standard InChI is InChI=1S/C15H18ClN3O3/c1-10-12(16)4-3-5-13(10)17-14(21)15(22)19-8-6-18(7-9-19)11(2)20/h3-5H,6-9H2,1-2H3,(H,17,21). The van der Waals surface area contributed by atoms with Crippen molar-refractivity contribution in [2.24, 2.45) is 0 Å². The zero-order valence-corrected chi connectivity index (χ0v) is 13.3. The predicted octanol–water partition coefficient (Wildman–Crippen LogP) is 1.28. The molecule has 0 aromatic heterocycles. The molecule has 7 heteroatoms. The number of benzene rings is 1. The number of piperazine rings is 1. The second-order valence-corrected chi connectivity index (χ2v) is 5.57. The molecule has 1 heterocycles. The Labute approximate surface area is 134 Å². The van der Waals surface area contributed by atoms with Crippen LogP contribution in [0, 0.1) is 6.92 Å². The fourth-order valence-corrected chi connectivity index (χ4v) is 2.46. The molecule has 0 spiro atoms. The van der Waals surface area contributed by atoms with Gasteiger partial charge < -0.3 is 15.1 Å². The van der Waals surface area contributed by atoms with E-state index < -0.39 is 11.8 Å². The van der Waals surface area contributed by atoms with Crippen molar-refractivity contribution in [3.8, 4) is 0 Å². The molecule has 0 bridgehead atoms. The predicted molar refractivity (Wildman–Crippen MR) is 83.7 cm³/mol. The van der Waals surface area contributed by atoms with Crippen LogP contribution in [0.25, 0.3) is 0 Å². The van der Waals surface area contributed by atoms with Crippen LogP contribution in [0.5, 0.6) is 0 Å². The molecule has 0 atom stereocenters. The fraction of sp³-hybridized carbons (Fsp3) is 0.400. The maximum atomic E-state index is 12.2. The molecular formula is C15H18ClN3O3. The highest BCUT2D eigenvalue weighted by Gasteiger charge is 2.27. The zero-order valence-electron chi connectivity index (χ0n) is 12.6. The summed E-state index contributed by atoms with van der Waals surface area (Å²) in [6.45, 7) is 4.88. The van der Waals surface area contributed by atoms with Gasteiger partial charge in [-0.25, -0.2) is 0 Å². The van der Waals surface area contributed by atoms with Crippen LogP contribution in [0.15, 0.2) is 18.2 Å². The lowest BCUT2D eigenvalue weighted by Gasteiger charge is -2.33. The quantitative estimate of drug-likeness (QED) is 0.791. The molecule has 1 aromatic rings. The first-order valence-corrected chi connectivity index (χ1v) is 7.39. The first kappa shape index (κ1) is 16.3. The van der Waals surface area contributed by atoms with E-state index in [-0.39, 0.29) is 5.91 Å². The van der Waals surface area contributed by atoms with Gasteiger partial charge >= 0.3 is 11.8 Å². The second kappa shape index (κ2) is 6.79. The van der Waals surface area contributed by atoms with Crippen LogP contribution in [0.1, 0.15) is 12.5 Å². The van der Waals surface area contributed by atoms with Gasteiger partial charge in [0.1, 0.15) is 0 Å². The Morgan fingerprint density at radius 2 is 1.68 bits per heavy atom. The highest BCUT2D eigenvalue weighted by molar-refractivity contribution is 6.40. The van der Waals surface area contributed by atoms with Gasteiger partial charge in [-0.05, 0) is 24.6 Å². The van der Waals surface area contributed by atoms with Crippen molar-refractivity contribution in [2.75, 3.05) is 31.5 Å². The Morgan fingerprint density at radius 1 is 1.09 bits per heavy atom. The van der Waals surface area contributed by atoms with Crippen molar-refractivity contribution >= 4 is 35.0 Å². The van der Waals surface area contributed by atoms with Gasteiger partial charge in [-0.1, -0.05) is 17.7 Å². The number of carbonyl (C=O) groups excluding carboxylic acids is 3. The monoisotopic (exact) mass is 323 g/mol. The minimum absolute atomic E-state index is 0.0221. The lowest BCUT2D eigenvalue weighted by atomic mass is 10.2. The van der Waals surface area contributed by atoms with Gasteiger partial charge in [-0.15, -0.1) is 0 Å². The Hall–Kier alpha value is -2.08. The van der Waals surface area contributed by atoms with Crippen molar-refractivity contribution in [2.45, 2.75) is 13.8 Å². The molecule has 118 valence electrons. The lowest BCUT2D eigenvalue weighted by Crippen LogP contribution is -2.52. The van der Waals surface area contributed by atoms with E-state index in [9.17, 15) is 14.4 Å². The molecule has 2 rings (SSSR count). The van der Waals surface area contributed by atoms with E-state index in [0.29, 0.717) is 42.5 Å². The van der Waals surface area contributed by atoms with E-state index in [4.69, 9.17) is 11.6 Å². The van der Waals surface area contributed by atoms with Gasteiger partial charge in [0.2, 0.25) is 5.91 Å². The fourth-order valence-electron chi connectivity index (χ4n) is 2.29. The molecular weight excluding hydrogens is 306 g/mol. The number of halogens is 1. The summed E-state index contributed by atoms with van der Waals surface area (Å²) in [5, 5.41) is 3.12. The van der Waals surface area contributed by atoms with Crippen molar-refractivity contribution in [3.63, 3.8) is 0 Å². The summed E-state index contributed by atoms with van der Waals surface area (Å²) in [5.74, 6) is -1.31. The molecule has 1 aromatic carbocycles. The summed E-state index contributed by atoms with van der Waals surface area (Å²) >= 11 is 5.99. The highest BCUT2D eigenvalue weighted by Crippen LogP contribution is 2.22. The van der Waals surface area contributed by atoms with Crippen molar-refractivity contribution in [1.29, 1.82) is 0 Å². The topological polar surface area (TPSA) is 69.7 Å². The van der Waals surface area contributed by atoms with E-state index in [1.54, 1.807) is 30.0 Å². The molecule has 0 aliphatic carbocycles. The molecule has 1 fully saturated rings. The Balaban J connectivity index is 1.97. The SMILES string of the molecule is CC(=O)N1CCN(C(=O)C(=O)Nc2cccc(Cl)c2C)CC1. The van der Waals surface area contributed by atoms with E-state index in [2.05, 4.69) is 5.32 Å². The summed E-state index contributed by atoms with van der Waals surface area (Å²) in [7, 11) is 0. The van der Waals surface area contributed by atoms with Crippen LogP contribution in [-0.4, -0.2) is 53.7 Å². The first-order valence-electron chi connectivity index (χ1n) is 7.01. The molecule has 1 aliphatic rings. The van der Waals surface area contributed by atoms with Crippen LogP contribution in [0.3, 0.4) is 0 Å². The number of hydrogen-bond acceptors (Lipinski definition) is 3. The molecule has 22 heavy (non-hydrogen) atoms. The summed E-state index contributed by atoms with van der Waals surface area (Å²) in [5.41, 5.74) is 1.24. The molecule has 1 saturated heterocycles. The van der Waals surface area contributed by atoms with Crippen molar-refractivity contribution < 1.29 is 14.4 Å². The molecule has 0 radical (unpaired) electrons. The maximum absolute atomic E-state index is 12.2. The Kier molecular flexibility index (Phi) is 5.03. The maximum Gasteiger partial charge on any atom is 0.313 e. The molecule has 0 saturated carbocycles. The summed E-state index contributed by atoms with van der Waals surface area (Å²) in [6.07, 6.45) is 0. The second-order valence-electron chi connectivity index (χ2n) is 5.16. The average molecular weight is 324 g/mol. The van der Waals surface area contributed by atoms with E-state index in [1.165, 1.54) is 11.8 Å². The van der Waals surface area contributed by atoms with Gasteiger partial charge in [0, 0.05) is 43.8 Å². The van der Waals surface area contributed by atoms with Crippen LogP contribution < -0.4 is 5.32 Å². The van der Waals surface area contributed by atoms with Crippen molar-refractivity contribution in [1.82, 2.24) is 9.80 Å². The normalized spacial score (nSPS) is 14.7. The van der Waals surface area contributed by atoms with Gasteiger partial charge in [0.15, 0.2) is 0 Å². The first-order chi connectivity index (χ1) is 10.4. The zero-order chi connectivity index (χ0) is 16.3. The minimum Gasteiger partial charge on any atom is -0.339 e. The van der Waals surface area contributed by atoms with Crippen LogP contribution in [0.2, 0.25) is 5.02 Å². The summed E-state index contributed by atoms with van der Waals surface area (Å²) in [6, 6.07) is 5.12. The number of rotatable bonds is 1. The number of amides is 3. The molecule has 0 unspecified atom stereocenters. The lowest BCUT2D eigenvalue weighted by molar-refractivity contribution is -0.145. The molecule has 1 aliphatic heterocycles. The Morgan fingerprint density at radius 3 is 2.27 bits per heavy atom. The highest BCUT2D eigenvalue weighted by atomic mass is 35.5. The third-order valence-corrected chi connectivity index (χ3v) is 4.13. The van der Waals surface area contributed by atoms with Crippen LogP contribution >= 0.6 is 11.6 Å². The Bertz CT molecular complexity index is 610. The van der Waals surface area contributed by atoms with Crippen LogP contribution in [0.4, 0.5) is 5.69 Å². The van der Waals surface area contributed by atoms with E-state index in [0.717, 1.165) is 0 Å². The van der Waals surface area contributed by atoms with Gasteiger partial charge in [0.25, 0.3) is 0 Å². The number of carbonyl (C=O) groups is 3. The molecule has 6 nitrogen and oxygen atoms in total. The number of nitrogens with one attached hydrogen (secondary N) is 1. The minimum atomic E-state index is -0.693. The third kappa shape index (κ3) is 3.57. The van der Waals surface area contributed by atoms with E-state index in [1.807, 2.05) is 0 Å². The van der Waals surface area contributed by atoms with E-state index >= 15 is 0 Å². The van der Waals surface area contributed by atoms with Crippen molar-refractivity contribution in [3.05, 3.63) is 28.8 Å². The third-order valence-electron chi connectivity index (χ3n) is 3.72. The molecule has 3 amide bonds. The van der Waals surface area contributed by atoms with Crippen LogP contribution in [-0.2, 0) is 14.4 Å². The average Bonchev–Trinajstić information content (AvgIpc) is 2.51. The summed E-state index contributed by atoms with van der Waals surface area (Å²) < 4.78 is 0. The number of nitrogens with zero attached hydrogens (tertiary/aromatic N) is 2.